The minimum absolute atomic E-state index is 0.0171. The molecule has 2 aromatic carbocycles. The molecule has 0 atom stereocenters. The van der Waals surface area contributed by atoms with Gasteiger partial charge >= 0.3 is 24.3 Å². The third-order valence-corrected chi connectivity index (χ3v) is 9.58. The van der Waals surface area contributed by atoms with E-state index in [1.54, 1.807) is 6.92 Å². The van der Waals surface area contributed by atoms with Crippen LogP contribution in [0.5, 0.6) is 0 Å². The van der Waals surface area contributed by atoms with E-state index in [2.05, 4.69) is 30.9 Å². The zero-order valence-electron chi connectivity index (χ0n) is 30.2. The van der Waals surface area contributed by atoms with Crippen molar-refractivity contribution >= 4 is 29.7 Å². The lowest BCUT2D eigenvalue weighted by molar-refractivity contribution is -0.147. The highest BCUT2D eigenvalue weighted by Gasteiger charge is 2.42. The topological polar surface area (TPSA) is 219 Å². The molecule has 0 aliphatic carbocycles. The summed E-state index contributed by atoms with van der Waals surface area (Å²) in [5, 5.41) is 36.6. The first-order valence-electron chi connectivity index (χ1n) is 17.5. The van der Waals surface area contributed by atoms with Crippen molar-refractivity contribution in [1.29, 1.82) is 0 Å². The molecule has 0 radical (unpaired) electrons. The summed E-state index contributed by atoms with van der Waals surface area (Å²) in [5.74, 6) is -6.68. The molecule has 23 heteroatoms. The number of likely N-dealkylation sites (tertiary alicyclic amines) is 2. The molecule has 0 bridgehead atoms. The molecule has 17 nitrogen and oxygen atoms in total. The first-order valence-corrected chi connectivity index (χ1v) is 17.5. The summed E-state index contributed by atoms with van der Waals surface area (Å²) in [6.45, 7) is 0.902. The van der Waals surface area contributed by atoms with Gasteiger partial charge in [-0.25, -0.2) is 14.3 Å². The van der Waals surface area contributed by atoms with Crippen molar-refractivity contribution in [2.24, 2.45) is 11.8 Å². The van der Waals surface area contributed by atoms with Gasteiger partial charge in [-0.05, 0) is 55.5 Å². The molecule has 5 aromatic rings. The van der Waals surface area contributed by atoms with E-state index >= 15 is 0 Å². The fourth-order valence-electron chi connectivity index (χ4n) is 6.33. The van der Waals surface area contributed by atoms with Crippen LogP contribution in [0.15, 0.2) is 60.9 Å². The van der Waals surface area contributed by atoms with Crippen LogP contribution >= 0.6 is 0 Å². The van der Waals surface area contributed by atoms with Crippen molar-refractivity contribution in [3.05, 3.63) is 88.7 Å². The van der Waals surface area contributed by atoms with Crippen molar-refractivity contribution in [2.75, 3.05) is 32.7 Å². The molecule has 0 unspecified atom stereocenters. The number of alkyl halides is 6. The molecule has 2 aliphatic heterocycles. The highest BCUT2D eigenvalue weighted by molar-refractivity contribution is 5.98. The Bertz CT molecular complexity index is 2360. The second-order valence-corrected chi connectivity index (χ2v) is 13.5. The number of hydrogen-bond acceptors (Lipinski definition) is 10. The zero-order chi connectivity index (χ0) is 42.6. The number of halogens is 6. The Hall–Kier alpha value is -7.20. The van der Waals surface area contributed by atoms with Crippen LogP contribution in [0, 0.1) is 11.8 Å². The molecular weight excluding hydrogens is 798 g/mol. The molecule has 7 rings (SSSR count). The summed E-state index contributed by atoms with van der Waals surface area (Å²) >= 11 is 0. The number of carboxylic acid groups (broad SMARTS) is 2. The van der Waals surface area contributed by atoms with Gasteiger partial charge in [0.2, 0.25) is 0 Å². The van der Waals surface area contributed by atoms with E-state index in [0.29, 0.717) is 12.1 Å². The van der Waals surface area contributed by atoms with Gasteiger partial charge in [0.1, 0.15) is 11.4 Å². The first kappa shape index (κ1) is 40.0. The monoisotopic (exact) mass is 826 g/mol. The molecule has 306 valence electrons. The average Bonchev–Trinajstić information content (AvgIpc) is 3.84. The maximum absolute atomic E-state index is 14.2. The van der Waals surface area contributed by atoms with Crippen LogP contribution in [0.3, 0.4) is 0 Å². The molecule has 2 saturated heterocycles. The van der Waals surface area contributed by atoms with Crippen molar-refractivity contribution in [3.8, 4) is 34.2 Å². The fraction of sp³-hybridized carbons (Fsp3) is 0.278. The quantitative estimate of drug-likeness (QED) is 0.172. The third-order valence-electron chi connectivity index (χ3n) is 9.58. The van der Waals surface area contributed by atoms with E-state index in [0.717, 1.165) is 31.3 Å². The van der Waals surface area contributed by atoms with E-state index in [1.807, 2.05) is 0 Å². The van der Waals surface area contributed by atoms with Crippen LogP contribution < -0.4 is 5.32 Å². The van der Waals surface area contributed by atoms with Gasteiger partial charge in [0.05, 0.1) is 69.2 Å². The largest absolute Gasteiger partial charge is 0.481 e. The average molecular weight is 827 g/mol. The van der Waals surface area contributed by atoms with Gasteiger partial charge in [0, 0.05) is 38.3 Å². The number of carbonyl (C=O) groups is 5. The lowest BCUT2D eigenvalue weighted by Gasteiger charge is -2.37. The molecule has 3 aromatic heterocycles. The molecule has 5 heterocycles. The Balaban J connectivity index is 1.19. The highest BCUT2D eigenvalue weighted by atomic mass is 19.4. The lowest BCUT2D eigenvalue weighted by Crippen LogP contribution is -2.53. The zero-order valence-corrected chi connectivity index (χ0v) is 30.2. The molecular formula is C36H28F6N10O7. The second kappa shape index (κ2) is 14.9. The Morgan fingerprint density at radius 3 is 1.42 bits per heavy atom. The number of aliphatic carboxylic acids is 2. The Kier molecular flexibility index (Phi) is 10.1. The van der Waals surface area contributed by atoms with Crippen LogP contribution in [0.25, 0.3) is 34.2 Å². The van der Waals surface area contributed by atoms with Crippen molar-refractivity contribution in [2.45, 2.75) is 19.3 Å². The van der Waals surface area contributed by atoms with E-state index < -0.39 is 76.1 Å². The predicted octanol–water partition coefficient (Wildman–Crippen LogP) is 3.68. The highest BCUT2D eigenvalue weighted by Crippen LogP contribution is 2.37. The fourth-order valence-corrected chi connectivity index (χ4v) is 6.33. The van der Waals surface area contributed by atoms with Crippen molar-refractivity contribution < 1.29 is 60.5 Å². The molecule has 0 saturated carbocycles. The molecule has 2 aliphatic rings. The van der Waals surface area contributed by atoms with Crippen LogP contribution in [-0.2, 0) is 21.9 Å². The van der Waals surface area contributed by atoms with E-state index in [-0.39, 0.29) is 72.4 Å². The second-order valence-electron chi connectivity index (χ2n) is 13.5. The number of nitrogens with one attached hydrogen (secondary N) is 1. The molecule has 0 spiro atoms. The SMILES string of the molecule is CCNC(=O)c1cc(-c2cn(-c3ccc(C(=O)N4CC(C(=O)O)C4)c(C(F)(F)F)c3)nn2)nc(-c2cn(-c3ccc(C(=O)N4CC(C(=O)O)C4)c(C(F)(F)F)c3)nn2)c1. The van der Waals surface area contributed by atoms with Crippen LogP contribution in [-0.4, -0.2) is 117 Å². The molecule has 2 fully saturated rings. The summed E-state index contributed by atoms with van der Waals surface area (Å²) in [7, 11) is 0. The number of nitrogens with zero attached hydrogens (tertiary/aromatic N) is 9. The Morgan fingerprint density at radius 2 is 1.07 bits per heavy atom. The van der Waals surface area contributed by atoms with Crippen molar-refractivity contribution in [3.63, 3.8) is 0 Å². The van der Waals surface area contributed by atoms with Gasteiger partial charge in [-0.1, -0.05) is 10.4 Å². The van der Waals surface area contributed by atoms with E-state index in [4.69, 9.17) is 10.2 Å². The maximum Gasteiger partial charge on any atom is 0.417 e. The minimum atomic E-state index is -4.99. The Morgan fingerprint density at radius 1 is 0.661 bits per heavy atom. The summed E-state index contributed by atoms with van der Waals surface area (Å²) in [4.78, 5) is 67.5. The van der Waals surface area contributed by atoms with Gasteiger partial charge in [-0.2, -0.15) is 26.3 Å². The number of pyridine rings is 1. The van der Waals surface area contributed by atoms with Crippen LogP contribution in [0.1, 0.15) is 49.1 Å². The normalized spacial score (nSPS) is 14.8. The van der Waals surface area contributed by atoms with Gasteiger partial charge in [0.25, 0.3) is 17.7 Å². The van der Waals surface area contributed by atoms with E-state index in [9.17, 15) is 50.3 Å². The first-order chi connectivity index (χ1) is 27.8. The summed E-state index contributed by atoms with van der Waals surface area (Å²) in [5.41, 5.74) is -4.40. The number of carboxylic acids is 2. The van der Waals surface area contributed by atoms with Crippen molar-refractivity contribution in [1.82, 2.24) is 50.1 Å². The summed E-state index contributed by atoms with van der Waals surface area (Å²) in [6.07, 6.45) is -7.58. The maximum atomic E-state index is 14.2. The van der Waals surface area contributed by atoms with Gasteiger partial charge in [-0.3, -0.25) is 24.0 Å². The van der Waals surface area contributed by atoms with Crippen LogP contribution in [0.4, 0.5) is 26.3 Å². The minimum Gasteiger partial charge on any atom is -0.481 e. The summed E-state index contributed by atoms with van der Waals surface area (Å²) in [6, 6.07) is 8.23. The summed E-state index contributed by atoms with van der Waals surface area (Å²) < 4.78 is 87.2. The Labute approximate surface area is 326 Å². The van der Waals surface area contributed by atoms with Crippen LogP contribution in [0.2, 0.25) is 0 Å². The number of amides is 3. The molecule has 59 heavy (non-hydrogen) atoms. The number of benzene rings is 2. The lowest BCUT2D eigenvalue weighted by atomic mass is 9.97. The number of rotatable bonds is 10. The smallest absolute Gasteiger partial charge is 0.417 e. The molecule has 3 amide bonds. The predicted molar refractivity (Wildman–Crippen MR) is 187 cm³/mol. The van der Waals surface area contributed by atoms with Gasteiger partial charge in [0.15, 0.2) is 0 Å². The van der Waals surface area contributed by atoms with Gasteiger partial charge < -0.3 is 25.3 Å². The standard InChI is InChI=1S/C36H28F6N10O7/c1-2-43-30(53)17-7-26(28-15-51(47-45-28)20-3-5-22(24(9-20)35(37,38)39)31(54)49-11-18(12-49)33(56)57)44-27(8-17)29-16-52(48-46-29)21-4-6-23(25(10-21)36(40,41)42)32(55)50-13-19(14-50)34(58)59/h3-10,15-16,18-19H,2,11-14H2,1H3,(H,43,53)(H,56,57)(H,58,59). The van der Waals surface area contributed by atoms with E-state index in [1.165, 1.54) is 36.7 Å². The molecule has 3 N–H and O–H groups in total. The third kappa shape index (κ3) is 7.89. The van der Waals surface area contributed by atoms with Gasteiger partial charge in [-0.15, -0.1) is 10.2 Å². The number of aromatic nitrogens is 7. The number of hydrogen-bond donors (Lipinski definition) is 3. The number of carbonyl (C=O) groups excluding carboxylic acids is 3.